The monoisotopic (exact) mass is 261 g/mol. The van der Waals surface area contributed by atoms with Crippen molar-refractivity contribution in [3.05, 3.63) is 30.3 Å². The number of anilines is 1. The lowest BCUT2D eigenvalue weighted by atomic mass is 10.0. The standard InChI is InChI=1S/C16H23NO2/c1-2-3-10-17(15-7-5-4-6-8-15)12-16(18)14-9-11-19-13-14/h4-8,14H,2-3,9-13H2,1H3. The number of ketones is 1. The molecule has 1 saturated heterocycles. The van der Waals surface area contributed by atoms with Gasteiger partial charge in [0.2, 0.25) is 0 Å². The lowest BCUT2D eigenvalue weighted by Crippen LogP contribution is -2.34. The first-order chi connectivity index (χ1) is 9.31. The average molecular weight is 261 g/mol. The van der Waals surface area contributed by atoms with Crippen LogP contribution >= 0.6 is 0 Å². The maximum Gasteiger partial charge on any atom is 0.157 e. The lowest BCUT2D eigenvalue weighted by molar-refractivity contribution is -0.121. The number of unbranched alkanes of at least 4 members (excludes halogenated alkanes) is 1. The molecule has 0 aromatic heterocycles. The predicted octanol–water partition coefficient (Wildman–Crippen LogP) is 2.90. The summed E-state index contributed by atoms with van der Waals surface area (Å²) in [7, 11) is 0. The zero-order valence-electron chi connectivity index (χ0n) is 11.7. The number of carbonyl (C=O) groups excluding carboxylic acids is 1. The fraction of sp³-hybridized carbons (Fsp3) is 0.562. The molecule has 0 radical (unpaired) electrons. The van der Waals surface area contributed by atoms with Crippen LogP contribution in [0.15, 0.2) is 30.3 Å². The minimum absolute atomic E-state index is 0.104. The van der Waals surface area contributed by atoms with Crippen molar-refractivity contribution >= 4 is 11.5 Å². The quantitative estimate of drug-likeness (QED) is 0.756. The van der Waals surface area contributed by atoms with Gasteiger partial charge < -0.3 is 9.64 Å². The van der Waals surface area contributed by atoms with Crippen molar-refractivity contribution in [2.75, 3.05) is 31.2 Å². The minimum atomic E-state index is 0.104. The Kier molecular flexibility index (Phi) is 5.40. The molecule has 0 aliphatic carbocycles. The lowest BCUT2D eigenvalue weighted by Gasteiger charge is -2.25. The summed E-state index contributed by atoms with van der Waals surface area (Å²) in [6, 6.07) is 10.2. The second kappa shape index (κ2) is 7.29. The highest BCUT2D eigenvalue weighted by Crippen LogP contribution is 2.18. The Morgan fingerprint density at radius 3 is 2.79 bits per heavy atom. The number of hydrogen-bond acceptors (Lipinski definition) is 3. The summed E-state index contributed by atoms with van der Waals surface area (Å²) in [5.41, 5.74) is 1.14. The first-order valence-electron chi connectivity index (χ1n) is 7.21. The molecule has 3 heteroatoms. The molecule has 19 heavy (non-hydrogen) atoms. The summed E-state index contributed by atoms with van der Waals surface area (Å²) >= 11 is 0. The number of nitrogens with zero attached hydrogens (tertiary/aromatic N) is 1. The van der Waals surface area contributed by atoms with Gasteiger partial charge in [0.1, 0.15) is 0 Å². The van der Waals surface area contributed by atoms with Gasteiger partial charge in [-0.05, 0) is 25.0 Å². The van der Waals surface area contributed by atoms with Gasteiger partial charge >= 0.3 is 0 Å². The van der Waals surface area contributed by atoms with Crippen LogP contribution in [0, 0.1) is 5.92 Å². The summed E-state index contributed by atoms with van der Waals surface area (Å²) in [6.45, 7) is 4.97. The second-order valence-corrected chi connectivity index (χ2v) is 5.14. The van der Waals surface area contributed by atoms with Gasteiger partial charge in [-0.2, -0.15) is 0 Å². The third-order valence-electron chi connectivity index (χ3n) is 3.63. The van der Waals surface area contributed by atoms with E-state index in [1.54, 1.807) is 0 Å². The number of Topliss-reactive ketones (excluding diaryl/α,β-unsaturated/α-hetero) is 1. The Morgan fingerprint density at radius 2 is 2.16 bits per heavy atom. The van der Waals surface area contributed by atoms with Gasteiger partial charge in [0.25, 0.3) is 0 Å². The van der Waals surface area contributed by atoms with Crippen LogP contribution < -0.4 is 4.90 Å². The van der Waals surface area contributed by atoms with Crippen LogP contribution in [0.4, 0.5) is 5.69 Å². The van der Waals surface area contributed by atoms with Crippen LogP contribution in [-0.2, 0) is 9.53 Å². The topological polar surface area (TPSA) is 29.5 Å². The zero-order chi connectivity index (χ0) is 13.5. The second-order valence-electron chi connectivity index (χ2n) is 5.14. The molecule has 2 rings (SSSR count). The maximum absolute atomic E-state index is 12.3. The van der Waals surface area contributed by atoms with E-state index < -0.39 is 0 Å². The third-order valence-corrected chi connectivity index (χ3v) is 3.63. The summed E-state index contributed by atoms with van der Waals surface area (Å²) in [5, 5.41) is 0. The van der Waals surface area contributed by atoms with Crippen LogP contribution in [0.3, 0.4) is 0 Å². The highest BCUT2D eigenvalue weighted by molar-refractivity contribution is 5.86. The van der Waals surface area contributed by atoms with E-state index in [0.29, 0.717) is 18.9 Å². The molecule has 1 atom stereocenters. The van der Waals surface area contributed by atoms with Crippen LogP contribution in [0.25, 0.3) is 0 Å². The number of para-hydroxylation sites is 1. The third kappa shape index (κ3) is 4.06. The largest absolute Gasteiger partial charge is 0.381 e. The minimum Gasteiger partial charge on any atom is -0.381 e. The fourth-order valence-corrected chi connectivity index (χ4v) is 2.39. The van der Waals surface area contributed by atoms with E-state index in [9.17, 15) is 4.79 Å². The molecule has 1 fully saturated rings. The molecular formula is C16H23NO2. The molecule has 1 aliphatic heterocycles. The zero-order valence-corrected chi connectivity index (χ0v) is 11.7. The van der Waals surface area contributed by atoms with Crippen molar-refractivity contribution < 1.29 is 9.53 Å². The fourth-order valence-electron chi connectivity index (χ4n) is 2.39. The van der Waals surface area contributed by atoms with E-state index in [-0.39, 0.29) is 5.92 Å². The van der Waals surface area contributed by atoms with E-state index in [0.717, 1.165) is 38.1 Å². The molecule has 1 aromatic rings. The Labute approximate surface area is 115 Å². The Bertz CT molecular complexity index is 385. The Balaban J connectivity index is 1.99. The van der Waals surface area contributed by atoms with E-state index in [2.05, 4.69) is 24.0 Å². The Hall–Kier alpha value is -1.35. The van der Waals surface area contributed by atoms with E-state index in [1.807, 2.05) is 18.2 Å². The Morgan fingerprint density at radius 1 is 1.37 bits per heavy atom. The first-order valence-corrected chi connectivity index (χ1v) is 7.21. The number of rotatable bonds is 7. The molecule has 1 unspecified atom stereocenters. The maximum atomic E-state index is 12.3. The van der Waals surface area contributed by atoms with Crippen LogP contribution in [0.1, 0.15) is 26.2 Å². The molecule has 0 bridgehead atoms. The van der Waals surface area contributed by atoms with Crippen molar-refractivity contribution in [2.24, 2.45) is 5.92 Å². The summed E-state index contributed by atoms with van der Waals surface area (Å²) < 4.78 is 5.31. The van der Waals surface area contributed by atoms with E-state index in [1.165, 1.54) is 0 Å². The highest BCUT2D eigenvalue weighted by Gasteiger charge is 2.24. The SMILES string of the molecule is CCCCN(CC(=O)C1CCOC1)c1ccccc1. The molecular weight excluding hydrogens is 238 g/mol. The van der Waals surface area contributed by atoms with Gasteiger partial charge in [0.15, 0.2) is 5.78 Å². The molecule has 3 nitrogen and oxygen atoms in total. The molecule has 104 valence electrons. The summed E-state index contributed by atoms with van der Waals surface area (Å²) in [6.07, 6.45) is 3.14. The number of benzene rings is 1. The molecule has 0 amide bonds. The van der Waals surface area contributed by atoms with Crippen molar-refractivity contribution in [1.82, 2.24) is 0 Å². The predicted molar refractivity (Wildman–Crippen MR) is 77.5 cm³/mol. The van der Waals surface area contributed by atoms with Crippen LogP contribution in [-0.4, -0.2) is 32.1 Å². The average Bonchev–Trinajstić information content (AvgIpc) is 2.98. The molecule has 0 N–H and O–H groups in total. The molecule has 1 heterocycles. The van der Waals surface area contributed by atoms with Crippen molar-refractivity contribution in [2.45, 2.75) is 26.2 Å². The summed E-state index contributed by atoms with van der Waals surface area (Å²) in [5.74, 6) is 0.422. The number of hydrogen-bond donors (Lipinski definition) is 0. The van der Waals surface area contributed by atoms with E-state index in [4.69, 9.17) is 4.74 Å². The number of carbonyl (C=O) groups is 1. The van der Waals surface area contributed by atoms with Gasteiger partial charge in [0, 0.05) is 24.8 Å². The highest BCUT2D eigenvalue weighted by atomic mass is 16.5. The van der Waals surface area contributed by atoms with Crippen LogP contribution in [0.5, 0.6) is 0 Å². The van der Waals surface area contributed by atoms with Gasteiger partial charge in [-0.15, -0.1) is 0 Å². The molecule has 1 aromatic carbocycles. The van der Waals surface area contributed by atoms with Gasteiger partial charge in [-0.25, -0.2) is 0 Å². The first kappa shape index (κ1) is 14.1. The molecule has 1 aliphatic rings. The van der Waals surface area contributed by atoms with Gasteiger partial charge in [-0.1, -0.05) is 31.5 Å². The van der Waals surface area contributed by atoms with Crippen molar-refractivity contribution in [1.29, 1.82) is 0 Å². The van der Waals surface area contributed by atoms with Gasteiger partial charge in [-0.3, -0.25) is 4.79 Å². The molecule has 0 saturated carbocycles. The molecule has 0 spiro atoms. The van der Waals surface area contributed by atoms with Gasteiger partial charge in [0.05, 0.1) is 13.2 Å². The van der Waals surface area contributed by atoms with Crippen LogP contribution in [0.2, 0.25) is 0 Å². The van der Waals surface area contributed by atoms with Crippen molar-refractivity contribution in [3.8, 4) is 0 Å². The normalized spacial score (nSPS) is 18.5. The number of ether oxygens (including phenoxy) is 1. The van der Waals surface area contributed by atoms with E-state index >= 15 is 0 Å². The smallest absolute Gasteiger partial charge is 0.157 e. The van der Waals surface area contributed by atoms with Crippen molar-refractivity contribution in [3.63, 3.8) is 0 Å². The summed E-state index contributed by atoms with van der Waals surface area (Å²) in [4.78, 5) is 14.5.